The molecule has 3 N–H and O–H groups in total. The van der Waals surface area contributed by atoms with Gasteiger partial charge < -0.3 is 19.7 Å². The van der Waals surface area contributed by atoms with E-state index >= 15 is 0 Å². The Kier molecular flexibility index (Phi) is 9.21. The second kappa shape index (κ2) is 9.73. The summed E-state index contributed by atoms with van der Waals surface area (Å²) in [6, 6.07) is 12.0. The lowest BCUT2D eigenvalue weighted by Gasteiger charge is -2.03. The van der Waals surface area contributed by atoms with E-state index in [4.69, 9.17) is 15.1 Å². The molecule has 0 radical (unpaired) electrons. The molecular weight excluding hydrogens is 194 g/mol. The Morgan fingerprint density at radius 2 is 1.33 bits per heavy atom. The number of rotatable bonds is 4. The highest BCUT2D eigenvalue weighted by molar-refractivity contribution is 7.08. The molecule has 0 amide bonds. The van der Waals surface area contributed by atoms with Gasteiger partial charge in [0.1, 0.15) is 0 Å². The van der Waals surface area contributed by atoms with Crippen molar-refractivity contribution >= 4 is 14.0 Å². The van der Waals surface area contributed by atoms with Gasteiger partial charge in [-0.2, -0.15) is 0 Å². The predicted molar refractivity (Wildman–Crippen MR) is 60.8 cm³/mol. The molecule has 0 fully saturated rings. The second-order valence-electron chi connectivity index (χ2n) is 2.83. The average molecular weight is 210 g/mol. The fourth-order valence-corrected chi connectivity index (χ4v) is 0.710. The molecule has 1 rings (SSSR count). The van der Waals surface area contributed by atoms with Crippen LogP contribution in [0.1, 0.15) is 13.3 Å². The van der Waals surface area contributed by atoms with Gasteiger partial charge in [0.05, 0.1) is 0 Å². The number of benzene rings is 1. The van der Waals surface area contributed by atoms with Crippen LogP contribution in [0.3, 0.4) is 0 Å². The fourth-order valence-electron chi connectivity index (χ4n) is 0.710. The van der Waals surface area contributed by atoms with Gasteiger partial charge in [-0.3, -0.25) is 0 Å². The van der Waals surface area contributed by atoms with Crippen LogP contribution in [0.25, 0.3) is 0 Å². The first-order valence-corrected chi connectivity index (χ1v) is 4.84. The van der Waals surface area contributed by atoms with Crippen molar-refractivity contribution in [2.75, 3.05) is 6.61 Å². The lowest BCUT2D eigenvalue weighted by atomic mass is 9.50. The quantitative estimate of drug-likeness (QED) is 0.617. The van der Waals surface area contributed by atoms with Crippen molar-refractivity contribution in [3.05, 3.63) is 36.4 Å². The summed E-state index contributed by atoms with van der Waals surface area (Å²) in [5, 5.41) is 25.0. The van der Waals surface area contributed by atoms with E-state index in [1.54, 1.807) is 0 Å². The van der Waals surface area contributed by atoms with Crippen molar-refractivity contribution < 1.29 is 19.7 Å². The summed E-state index contributed by atoms with van der Waals surface area (Å²) in [5.74, 6) is 0. The van der Waals surface area contributed by atoms with Crippen LogP contribution in [-0.2, 0) is 4.65 Å². The topological polar surface area (TPSA) is 69.9 Å². The molecule has 0 atom stereocenters. The van der Waals surface area contributed by atoms with Gasteiger partial charge in [0.2, 0.25) is 0 Å². The summed E-state index contributed by atoms with van der Waals surface area (Å²) < 4.78 is 4.51. The maximum atomic E-state index is 8.54. The molecule has 0 aliphatic carbocycles. The molecule has 0 aliphatic rings. The standard InChI is InChI=1S/C6H6.C3H10B2O4/c1-2-4-6-5-3-1;1-2-3-9-5(8)4(6)7/h1-6H;6-8H,2-3H2,1H3. The lowest BCUT2D eigenvalue weighted by molar-refractivity contribution is 0.259. The number of hydrogen-bond donors (Lipinski definition) is 3. The average Bonchev–Trinajstić information content (AvgIpc) is 2.29. The molecule has 82 valence electrons. The van der Waals surface area contributed by atoms with E-state index in [-0.39, 0.29) is 0 Å². The lowest BCUT2D eigenvalue weighted by Crippen LogP contribution is -2.38. The van der Waals surface area contributed by atoms with Gasteiger partial charge in [-0.25, -0.2) is 0 Å². The third-order valence-electron chi connectivity index (χ3n) is 1.41. The van der Waals surface area contributed by atoms with Crippen molar-refractivity contribution in [1.29, 1.82) is 0 Å². The first kappa shape index (κ1) is 14.2. The zero-order valence-corrected chi connectivity index (χ0v) is 8.78. The van der Waals surface area contributed by atoms with Gasteiger partial charge in [-0.15, -0.1) is 0 Å². The van der Waals surface area contributed by atoms with Crippen LogP contribution in [0.2, 0.25) is 0 Å². The molecule has 0 spiro atoms. The van der Waals surface area contributed by atoms with Crippen LogP contribution in [0.4, 0.5) is 0 Å². The minimum atomic E-state index is -1.79. The Balaban J connectivity index is 0.000000280. The minimum absolute atomic E-state index is 0.332. The summed E-state index contributed by atoms with van der Waals surface area (Å²) in [5.41, 5.74) is 0. The van der Waals surface area contributed by atoms with Gasteiger partial charge >= 0.3 is 14.0 Å². The van der Waals surface area contributed by atoms with E-state index < -0.39 is 14.0 Å². The first-order chi connectivity index (χ1) is 7.18. The highest BCUT2D eigenvalue weighted by Crippen LogP contribution is 1.85. The summed E-state index contributed by atoms with van der Waals surface area (Å²) >= 11 is 0. The first-order valence-electron chi connectivity index (χ1n) is 4.84. The van der Waals surface area contributed by atoms with E-state index in [0.717, 1.165) is 6.42 Å². The van der Waals surface area contributed by atoms with Crippen molar-refractivity contribution in [2.24, 2.45) is 0 Å². The van der Waals surface area contributed by atoms with E-state index in [1.807, 2.05) is 43.3 Å². The van der Waals surface area contributed by atoms with Crippen molar-refractivity contribution in [3.8, 4) is 0 Å². The van der Waals surface area contributed by atoms with Crippen molar-refractivity contribution in [1.82, 2.24) is 0 Å². The van der Waals surface area contributed by atoms with Crippen molar-refractivity contribution in [2.45, 2.75) is 13.3 Å². The molecule has 0 aliphatic heterocycles. The largest absolute Gasteiger partial charge is 0.484 e. The molecule has 1 aromatic carbocycles. The van der Waals surface area contributed by atoms with Crippen LogP contribution >= 0.6 is 0 Å². The van der Waals surface area contributed by atoms with Gasteiger partial charge in [0.25, 0.3) is 0 Å². The normalized spacial score (nSPS) is 8.80. The van der Waals surface area contributed by atoms with Crippen molar-refractivity contribution in [3.63, 3.8) is 0 Å². The third-order valence-corrected chi connectivity index (χ3v) is 1.41. The smallest absolute Gasteiger partial charge is 0.429 e. The fraction of sp³-hybridized carbons (Fsp3) is 0.333. The van der Waals surface area contributed by atoms with Crippen LogP contribution in [0.15, 0.2) is 36.4 Å². The summed E-state index contributed by atoms with van der Waals surface area (Å²) in [6.07, 6.45) is 0.740. The highest BCUT2D eigenvalue weighted by Gasteiger charge is 2.28. The molecule has 15 heavy (non-hydrogen) atoms. The molecule has 0 bridgehead atoms. The third kappa shape index (κ3) is 9.49. The Hall–Kier alpha value is -0.810. The zero-order chi connectivity index (χ0) is 11.5. The van der Waals surface area contributed by atoms with E-state index in [1.165, 1.54) is 0 Å². The molecule has 1 aromatic rings. The van der Waals surface area contributed by atoms with Gasteiger partial charge in [-0.1, -0.05) is 43.3 Å². The summed E-state index contributed by atoms with van der Waals surface area (Å²) in [4.78, 5) is 0. The monoisotopic (exact) mass is 210 g/mol. The SMILES string of the molecule is CCCOB(O)B(O)O.c1ccccc1. The predicted octanol–water partition coefficient (Wildman–Crippen LogP) is 0.131. The Labute approximate surface area is 90.8 Å². The molecule has 4 nitrogen and oxygen atoms in total. The number of hydrogen-bond acceptors (Lipinski definition) is 4. The molecular formula is C9H16B2O4. The van der Waals surface area contributed by atoms with E-state index in [9.17, 15) is 0 Å². The van der Waals surface area contributed by atoms with Gasteiger partial charge in [0.15, 0.2) is 0 Å². The van der Waals surface area contributed by atoms with Gasteiger partial charge in [0, 0.05) is 6.61 Å². The van der Waals surface area contributed by atoms with Crippen LogP contribution in [0, 0.1) is 0 Å². The molecule has 6 heteroatoms. The Morgan fingerprint density at radius 1 is 0.933 bits per heavy atom. The van der Waals surface area contributed by atoms with Crippen LogP contribution < -0.4 is 0 Å². The molecule has 0 heterocycles. The van der Waals surface area contributed by atoms with Crippen LogP contribution in [0.5, 0.6) is 0 Å². The molecule has 0 aromatic heterocycles. The zero-order valence-electron chi connectivity index (χ0n) is 8.78. The van der Waals surface area contributed by atoms with E-state index in [2.05, 4.69) is 4.65 Å². The maximum Gasteiger partial charge on any atom is 0.484 e. The summed E-state index contributed by atoms with van der Waals surface area (Å²) in [6.45, 7) is 2.19. The maximum absolute atomic E-state index is 8.54. The minimum Gasteiger partial charge on any atom is -0.429 e. The molecule has 0 saturated carbocycles. The second-order valence-corrected chi connectivity index (χ2v) is 2.83. The molecule has 0 unspecified atom stereocenters. The van der Waals surface area contributed by atoms with Crippen LogP contribution in [-0.4, -0.2) is 35.7 Å². The Bertz CT molecular complexity index is 194. The molecule has 0 saturated heterocycles. The Morgan fingerprint density at radius 3 is 1.60 bits per heavy atom. The van der Waals surface area contributed by atoms with Gasteiger partial charge in [-0.05, 0) is 6.42 Å². The summed E-state index contributed by atoms with van der Waals surface area (Å²) in [7, 11) is -3.26. The highest BCUT2D eigenvalue weighted by atomic mass is 16.5. The van der Waals surface area contributed by atoms with E-state index in [0.29, 0.717) is 6.61 Å².